The number of carbonyl (C=O) groups excluding carboxylic acids is 2. The van der Waals surface area contributed by atoms with Crippen molar-refractivity contribution in [2.75, 3.05) is 33.9 Å². The van der Waals surface area contributed by atoms with E-state index in [1.54, 1.807) is 50.3 Å². The van der Waals surface area contributed by atoms with Crippen LogP contribution in [0.1, 0.15) is 32.8 Å². The molecule has 144 valence electrons. The highest BCUT2D eigenvalue weighted by molar-refractivity contribution is 5.92. The van der Waals surface area contributed by atoms with Crippen molar-refractivity contribution >= 4 is 18.0 Å². The van der Waals surface area contributed by atoms with Gasteiger partial charge in [-0.25, -0.2) is 0 Å². The molecule has 0 atom stereocenters. The minimum absolute atomic E-state index is 0.159. The van der Waals surface area contributed by atoms with Gasteiger partial charge in [0.1, 0.15) is 11.5 Å². The Morgan fingerprint density at radius 3 is 2.50 bits per heavy atom. The Labute approximate surface area is 155 Å². The Morgan fingerprint density at radius 1 is 1.19 bits per heavy atom. The summed E-state index contributed by atoms with van der Waals surface area (Å²) in [7, 11) is 3.16. The first-order chi connectivity index (χ1) is 12.4. The molecule has 0 saturated carbocycles. The van der Waals surface area contributed by atoms with Crippen molar-refractivity contribution in [2.45, 2.75) is 27.2 Å². The molecule has 26 heavy (non-hydrogen) atoms. The van der Waals surface area contributed by atoms with Crippen molar-refractivity contribution < 1.29 is 23.8 Å². The molecule has 1 aromatic carbocycles. The zero-order valence-electron chi connectivity index (χ0n) is 16.3. The van der Waals surface area contributed by atoms with Gasteiger partial charge in [0, 0.05) is 24.7 Å². The molecule has 0 bridgehead atoms. The van der Waals surface area contributed by atoms with Crippen molar-refractivity contribution in [3.05, 3.63) is 29.8 Å². The third-order valence-corrected chi connectivity index (χ3v) is 3.63. The molecule has 0 N–H and O–H groups in total. The van der Waals surface area contributed by atoms with Gasteiger partial charge in [-0.05, 0) is 37.1 Å². The van der Waals surface area contributed by atoms with E-state index in [2.05, 4.69) is 0 Å². The molecule has 0 aliphatic rings. The molecule has 1 aromatic rings. The first-order valence-corrected chi connectivity index (χ1v) is 8.75. The number of benzene rings is 1. The summed E-state index contributed by atoms with van der Waals surface area (Å²) in [6, 6.07) is 5.38. The highest BCUT2D eigenvalue weighted by atomic mass is 16.5. The molecular weight excluding hydrogens is 334 g/mol. The maximum atomic E-state index is 12.6. The van der Waals surface area contributed by atoms with Gasteiger partial charge in [0.2, 0.25) is 5.91 Å². The van der Waals surface area contributed by atoms with E-state index in [1.807, 2.05) is 13.8 Å². The van der Waals surface area contributed by atoms with Crippen LogP contribution < -0.4 is 9.47 Å². The van der Waals surface area contributed by atoms with Crippen LogP contribution >= 0.6 is 0 Å². The lowest BCUT2D eigenvalue weighted by molar-refractivity contribution is -0.143. The lowest BCUT2D eigenvalue weighted by atomic mass is 10.1. The van der Waals surface area contributed by atoms with Crippen LogP contribution in [0.2, 0.25) is 0 Å². The number of hydrogen-bond donors (Lipinski definition) is 0. The summed E-state index contributed by atoms with van der Waals surface area (Å²) in [5.41, 5.74) is 0.745. The Morgan fingerprint density at radius 2 is 1.92 bits per heavy atom. The maximum absolute atomic E-state index is 12.6. The molecule has 0 heterocycles. The van der Waals surface area contributed by atoms with Crippen molar-refractivity contribution in [3.63, 3.8) is 0 Å². The van der Waals surface area contributed by atoms with Crippen LogP contribution in [0.3, 0.4) is 0 Å². The zero-order valence-corrected chi connectivity index (χ0v) is 16.3. The Hall–Kier alpha value is -2.50. The first-order valence-electron chi connectivity index (χ1n) is 8.75. The molecule has 6 nitrogen and oxygen atoms in total. The van der Waals surface area contributed by atoms with Gasteiger partial charge in [0.25, 0.3) is 0 Å². The average molecular weight is 363 g/mol. The third-order valence-electron chi connectivity index (χ3n) is 3.63. The molecule has 0 aliphatic heterocycles. The summed E-state index contributed by atoms with van der Waals surface area (Å²) >= 11 is 0. The quantitative estimate of drug-likeness (QED) is 0.472. The minimum atomic E-state index is -0.299. The van der Waals surface area contributed by atoms with Crippen LogP contribution in [0.25, 0.3) is 6.08 Å². The van der Waals surface area contributed by atoms with Crippen LogP contribution in [0, 0.1) is 5.92 Å². The standard InChI is InChI=1S/C20H29NO5/c1-6-26-20(23)11-12-21(14-15(2)3)19(22)10-7-16-13-17(24-4)8-9-18(16)25-5/h7-10,13,15H,6,11-12,14H2,1-5H3/b10-7+. The van der Waals surface area contributed by atoms with Crippen molar-refractivity contribution in [2.24, 2.45) is 5.92 Å². The highest BCUT2D eigenvalue weighted by Gasteiger charge is 2.15. The van der Waals surface area contributed by atoms with E-state index < -0.39 is 0 Å². The van der Waals surface area contributed by atoms with E-state index in [0.717, 1.165) is 5.56 Å². The fraction of sp³-hybridized carbons (Fsp3) is 0.500. The van der Waals surface area contributed by atoms with Crippen LogP contribution in [-0.2, 0) is 14.3 Å². The van der Waals surface area contributed by atoms with Gasteiger partial charge in [0.15, 0.2) is 0 Å². The van der Waals surface area contributed by atoms with Crippen molar-refractivity contribution in [1.29, 1.82) is 0 Å². The summed E-state index contributed by atoms with van der Waals surface area (Å²) in [4.78, 5) is 25.8. The predicted molar refractivity (Wildman–Crippen MR) is 101 cm³/mol. The van der Waals surface area contributed by atoms with Crippen LogP contribution in [0.4, 0.5) is 0 Å². The number of amides is 1. The maximum Gasteiger partial charge on any atom is 0.307 e. The van der Waals surface area contributed by atoms with Gasteiger partial charge in [-0.3, -0.25) is 9.59 Å². The second kappa shape index (κ2) is 11.2. The summed E-state index contributed by atoms with van der Waals surface area (Å²) in [6.45, 7) is 7.05. The second-order valence-electron chi connectivity index (χ2n) is 6.17. The largest absolute Gasteiger partial charge is 0.497 e. The fourth-order valence-corrected chi connectivity index (χ4v) is 2.43. The summed E-state index contributed by atoms with van der Waals surface area (Å²) < 4.78 is 15.5. The normalized spacial score (nSPS) is 10.8. The second-order valence-corrected chi connectivity index (χ2v) is 6.17. The molecule has 0 aliphatic carbocycles. The van der Waals surface area contributed by atoms with Gasteiger partial charge >= 0.3 is 5.97 Å². The number of methoxy groups -OCH3 is 2. The highest BCUT2D eigenvalue weighted by Crippen LogP contribution is 2.25. The van der Waals surface area contributed by atoms with Crippen LogP contribution in [0.5, 0.6) is 11.5 Å². The van der Waals surface area contributed by atoms with Crippen LogP contribution in [0.15, 0.2) is 24.3 Å². The molecule has 0 aromatic heterocycles. The van der Waals surface area contributed by atoms with E-state index >= 15 is 0 Å². The number of hydrogen-bond acceptors (Lipinski definition) is 5. The average Bonchev–Trinajstić information content (AvgIpc) is 2.62. The number of esters is 1. The predicted octanol–water partition coefficient (Wildman–Crippen LogP) is 3.15. The third kappa shape index (κ3) is 7.17. The fourth-order valence-electron chi connectivity index (χ4n) is 2.43. The Kier molecular flexibility index (Phi) is 9.26. The molecular formula is C20H29NO5. The van der Waals surface area contributed by atoms with Gasteiger partial charge < -0.3 is 19.1 Å². The zero-order chi connectivity index (χ0) is 19.5. The molecule has 0 fully saturated rings. The molecule has 1 rings (SSSR count). The van der Waals surface area contributed by atoms with E-state index in [1.165, 1.54) is 6.08 Å². The van der Waals surface area contributed by atoms with Gasteiger partial charge in [0.05, 0.1) is 27.2 Å². The lowest BCUT2D eigenvalue weighted by Crippen LogP contribution is -2.35. The number of rotatable bonds is 10. The Balaban J connectivity index is 2.87. The SMILES string of the molecule is CCOC(=O)CCN(CC(C)C)C(=O)/C=C/c1cc(OC)ccc1OC. The number of carbonyl (C=O) groups is 2. The molecule has 6 heteroatoms. The van der Waals surface area contributed by atoms with Crippen LogP contribution in [-0.4, -0.2) is 50.7 Å². The number of ether oxygens (including phenoxy) is 3. The molecule has 0 unspecified atom stereocenters. The Bertz CT molecular complexity index is 625. The van der Waals surface area contributed by atoms with E-state index in [4.69, 9.17) is 14.2 Å². The monoisotopic (exact) mass is 363 g/mol. The van der Waals surface area contributed by atoms with E-state index in [9.17, 15) is 9.59 Å². The summed E-state index contributed by atoms with van der Waals surface area (Å²) in [5.74, 6) is 1.16. The summed E-state index contributed by atoms with van der Waals surface area (Å²) in [6.07, 6.45) is 3.37. The molecule has 0 saturated heterocycles. The number of nitrogens with zero attached hydrogens (tertiary/aromatic N) is 1. The van der Waals surface area contributed by atoms with Gasteiger partial charge in [-0.1, -0.05) is 13.8 Å². The van der Waals surface area contributed by atoms with E-state index in [0.29, 0.717) is 37.1 Å². The smallest absolute Gasteiger partial charge is 0.307 e. The van der Waals surface area contributed by atoms with Crippen molar-refractivity contribution in [1.82, 2.24) is 4.90 Å². The molecule has 0 radical (unpaired) electrons. The lowest BCUT2D eigenvalue weighted by Gasteiger charge is -2.23. The minimum Gasteiger partial charge on any atom is -0.497 e. The summed E-state index contributed by atoms with van der Waals surface area (Å²) in [5, 5.41) is 0. The topological polar surface area (TPSA) is 65.1 Å². The van der Waals surface area contributed by atoms with E-state index in [-0.39, 0.29) is 18.3 Å². The van der Waals surface area contributed by atoms with Gasteiger partial charge in [-0.15, -0.1) is 0 Å². The first kappa shape index (κ1) is 21.5. The van der Waals surface area contributed by atoms with Crippen molar-refractivity contribution in [3.8, 4) is 11.5 Å². The van der Waals surface area contributed by atoms with Gasteiger partial charge in [-0.2, -0.15) is 0 Å². The molecule has 0 spiro atoms. The molecule has 1 amide bonds.